The maximum atomic E-state index is 12.8. The van der Waals surface area contributed by atoms with Gasteiger partial charge < -0.3 is 15.0 Å². The third-order valence-electron chi connectivity index (χ3n) is 6.43. The highest BCUT2D eigenvalue weighted by molar-refractivity contribution is 5.85. The van der Waals surface area contributed by atoms with Crippen LogP contribution in [0.15, 0.2) is 30.3 Å². The number of nitrogens with one attached hydrogen (secondary N) is 1. The van der Waals surface area contributed by atoms with Crippen LogP contribution >= 0.6 is 12.4 Å². The van der Waals surface area contributed by atoms with Crippen molar-refractivity contribution in [3.8, 4) is 0 Å². The lowest BCUT2D eigenvalue weighted by atomic mass is 9.91. The van der Waals surface area contributed by atoms with E-state index in [2.05, 4.69) is 34.5 Å². The molecular formula is C21H31ClN2O2. The molecule has 1 saturated carbocycles. The molecule has 4 nitrogen and oxygen atoms in total. The van der Waals surface area contributed by atoms with Gasteiger partial charge in [-0.3, -0.25) is 4.79 Å². The van der Waals surface area contributed by atoms with Gasteiger partial charge in [-0.1, -0.05) is 30.3 Å². The first kappa shape index (κ1) is 19.7. The molecule has 1 aromatic carbocycles. The number of amides is 1. The van der Waals surface area contributed by atoms with E-state index in [1.54, 1.807) is 0 Å². The van der Waals surface area contributed by atoms with Crippen molar-refractivity contribution >= 4 is 18.3 Å². The van der Waals surface area contributed by atoms with Gasteiger partial charge in [0.2, 0.25) is 5.91 Å². The molecular weight excluding hydrogens is 348 g/mol. The van der Waals surface area contributed by atoms with Crippen LogP contribution < -0.4 is 5.32 Å². The van der Waals surface area contributed by atoms with Crippen LogP contribution in [-0.2, 0) is 16.0 Å². The highest BCUT2D eigenvalue weighted by Crippen LogP contribution is 2.59. The normalized spacial score (nSPS) is 24.9. The standard InChI is InChI=1S/C21H30N2O2.ClH/c24-20(19-16-21(19)9-11-22-12-10-21)23-13-6-18(7-14-23)25-15-8-17-4-2-1-3-5-17;/h1-5,18-19,22H,6-16H2;1H. The number of piperidine rings is 2. The summed E-state index contributed by atoms with van der Waals surface area (Å²) >= 11 is 0. The van der Waals surface area contributed by atoms with Crippen molar-refractivity contribution in [2.24, 2.45) is 11.3 Å². The predicted molar refractivity (Wildman–Crippen MR) is 106 cm³/mol. The molecule has 3 fully saturated rings. The lowest BCUT2D eigenvalue weighted by Crippen LogP contribution is -2.43. The molecule has 0 aromatic heterocycles. The Kier molecular flexibility index (Phi) is 6.60. The molecule has 0 bridgehead atoms. The summed E-state index contributed by atoms with van der Waals surface area (Å²) in [5.74, 6) is 0.731. The fraction of sp³-hybridized carbons (Fsp3) is 0.667. The van der Waals surface area contributed by atoms with Crippen molar-refractivity contribution in [1.82, 2.24) is 10.2 Å². The number of likely N-dealkylation sites (tertiary alicyclic amines) is 1. The van der Waals surface area contributed by atoms with E-state index in [4.69, 9.17) is 4.74 Å². The summed E-state index contributed by atoms with van der Waals surface area (Å²) in [6.45, 7) is 4.70. The number of rotatable bonds is 5. The van der Waals surface area contributed by atoms with Crippen LogP contribution in [0.25, 0.3) is 0 Å². The van der Waals surface area contributed by atoms with Gasteiger partial charge >= 0.3 is 0 Å². The predicted octanol–water partition coefficient (Wildman–Crippen LogP) is 3.05. The maximum Gasteiger partial charge on any atom is 0.226 e. The number of carbonyl (C=O) groups excluding carboxylic acids is 1. The van der Waals surface area contributed by atoms with Gasteiger partial charge in [-0.25, -0.2) is 0 Å². The van der Waals surface area contributed by atoms with Crippen LogP contribution in [0.2, 0.25) is 0 Å². The quantitative estimate of drug-likeness (QED) is 0.856. The summed E-state index contributed by atoms with van der Waals surface area (Å²) in [4.78, 5) is 14.9. The Hall–Kier alpha value is -1.10. The summed E-state index contributed by atoms with van der Waals surface area (Å²) < 4.78 is 6.05. The van der Waals surface area contributed by atoms with Gasteiger partial charge in [-0.2, -0.15) is 0 Å². The number of hydrogen-bond donors (Lipinski definition) is 1. The van der Waals surface area contributed by atoms with E-state index in [9.17, 15) is 4.79 Å². The van der Waals surface area contributed by atoms with Gasteiger partial charge in [0.05, 0.1) is 12.7 Å². The van der Waals surface area contributed by atoms with Gasteiger partial charge in [0, 0.05) is 19.0 Å². The second-order valence-corrected chi connectivity index (χ2v) is 8.00. The number of nitrogens with zero attached hydrogens (tertiary/aromatic N) is 1. The number of benzene rings is 1. The van der Waals surface area contributed by atoms with E-state index < -0.39 is 0 Å². The van der Waals surface area contributed by atoms with Gasteiger partial charge in [-0.05, 0) is 62.6 Å². The Morgan fingerprint density at radius 2 is 1.85 bits per heavy atom. The second kappa shape index (κ2) is 8.73. The molecule has 1 spiro atoms. The molecule has 2 aliphatic heterocycles. The minimum atomic E-state index is 0. The summed E-state index contributed by atoms with van der Waals surface area (Å²) in [6.07, 6.45) is 6.76. The topological polar surface area (TPSA) is 41.6 Å². The van der Waals surface area contributed by atoms with Crippen molar-refractivity contribution in [2.75, 3.05) is 32.8 Å². The van der Waals surface area contributed by atoms with Crippen LogP contribution in [0.4, 0.5) is 0 Å². The zero-order valence-electron chi connectivity index (χ0n) is 15.5. The maximum absolute atomic E-state index is 12.8. The molecule has 1 aromatic rings. The monoisotopic (exact) mass is 378 g/mol. The number of carbonyl (C=O) groups is 1. The first-order valence-electron chi connectivity index (χ1n) is 9.92. The Morgan fingerprint density at radius 3 is 2.54 bits per heavy atom. The summed E-state index contributed by atoms with van der Waals surface area (Å²) in [6, 6.07) is 10.5. The van der Waals surface area contributed by atoms with Crippen molar-refractivity contribution in [2.45, 2.75) is 44.6 Å². The van der Waals surface area contributed by atoms with Crippen LogP contribution in [0, 0.1) is 11.3 Å². The molecule has 1 N–H and O–H groups in total. The minimum absolute atomic E-state index is 0. The Bertz CT molecular complexity index is 581. The van der Waals surface area contributed by atoms with Gasteiger partial charge in [0.25, 0.3) is 0 Å². The molecule has 3 aliphatic rings. The molecule has 0 radical (unpaired) electrons. The van der Waals surface area contributed by atoms with Crippen molar-refractivity contribution < 1.29 is 9.53 Å². The first-order valence-corrected chi connectivity index (χ1v) is 9.92. The SMILES string of the molecule is Cl.O=C(C1CC12CCNCC2)N1CCC(OCCc2ccccc2)CC1. The molecule has 1 atom stereocenters. The van der Waals surface area contributed by atoms with Crippen LogP contribution in [0.5, 0.6) is 0 Å². The molecule has 2 saturated heterocycles. The van der Waals surface area contributed by atoms with Crippen molar-refractivity contribution in [3.05, 3.63) is 35.9 Å². The smallest absolute Gasteiger partial charge is 0.226 e. The highest BCUT2D eigenvalue weighted by atomic mass is 35.5. The average Bonchev–Trinajstić information content (AvgIpc) is 3.36. The molecule has 144 valence electrons. The Labute approximate surface area is 163 Å². The summed E-state index contributed by atoms with van der Waals surface area (Å²) in [5.41, 5.74) is 1.68. The van der Waals surface area contributed by atoms with E-state index in [0.29, 0.717) is 23.3 Å². The largest absolute Gasteiger partial charge is 0.378 e. The molecule has 1 unspecified atom stereocenters. The van der Waals surface area contributed by atoms with Crippen LogP contribution in [0.3, 0.4) is 0 Å². The molecule has 5 heteroatoms. The first-order chi connectivity index (χ1) is 12.3. The molecule has 1 aliphatic carbocycles. The second-order valence-electron chi connectivity index (χ2n) is 8.00. The fourth-order valence-corrected chi connectivity index (χ4v) is 4.63. The van der Waals surface area contributed by atoms with Crippen LogP contribution in [-0.4, -0.2) is 49.7 Å². The van der Waals surface area contributed by atoms with E-state index in [1.165, 1.54) is 18.4 Å². The lowest BCUT2D eigenvalue weighted by molar-refractivity contribution is -0.136. The van der Waals surface area contributed by atoms with Crippen molar-refractivity contribution in [3.63, 3.8) is 0 Å². The molecule has 1 amide bonds. The van der Waals surface area contributed by atoms with E-state index in [-0.39, 0.29) is 12.4 Å². The Morgan fingerprint density at radius 1 is 1.15 bits per heavy atom. The third-order valence-corrected chi connectivity index (χ3v) is 6.43. The zero-order chi connectivity index (χ0) is 17.1. The lowest BCUT2D eigenvalue weighted by Gasteiger charge is -2.33. The molecule has 2 heterocycles. The number of ether oxygens (including phenoxy) is 1. The fourth-order valence-electron chi connectivity index (χ4n) is 4.63. The summed E-state index contributed by atoms with van der Waals surface area (Å²) in [5, 5.41) is 3.42. The molecule has 4 rings (SSSR count). The van der Waals surface area contributed by atoms with Gasteiger partial charge in [0.15, 0.2) is 0 Å². The van der Waals surface area contributed by atoms with E-state index in [1.807, 2.05) is 6.07 Å². The highest BCUT2D eigenvalue weighted by Gasteiger charge is 2.58. The average molecular weight is 379 g/mol. The third kappa shape index (κ3) is 4.41. The van der Waals surface area contributed by atoms with Crippen LogP contribution in [0.1, 0.15) is 37.7 Å². The summed E-state index contributed by atoms with van der Waals surface area (Å²) in [7, 11) is 0. The molecule has 26 heavy (non-hydrogen) atoms. The zero-order valence-corrected chi connectivity index (χ0v) is 16.3. The van der Waals surface area contributed by atoms with Gasteiger partial charge in [-0.15, -0.1) is 12.4 Å². The van der Waals surface area contributed by atoms with E-state index >= 15 is 0 Å². The number of halogens is 1. The van der Waals surface area contributed by atoms with Gasteiger partial charge in [0.1, 0.15) is 0 Å². The van der Waals surface area contributed by atoms with E-state index in [0.717, 1.165) is 58.5 Å². The Balaban J connectivity index is 0.00000196. The number of hydrogen-bond acceptors (Lipinski definition) is 3. The minimum Gasteiger partial charge on any atom is -0.378 e. The van der Waals surface area contributed by atoms with Crippen molar-refractivity contribution in [1.29, 1.82) is 0 Å².